The van der Waals surface area contributed by atoms with E-state index in [2.05, 4.69) is 32.6 Å². The van der Waals surface area contributed by atoms with Crippen LogP contribution in [0.25, 0.3) is 0 Å². The lowest BCUT2D eigenvalue weighted by atomic mass is 9.88. The van der Waals surface area contributed by atoms with Crippen molar-refractivity contribution in [3.8, 4) is 0 Å². The van der Waals surface area contributed by atoms with Crippen molar-refractivity contribution in [3.05, 3.63) is 0 Å². The fourth-order valence-electron chi connectivity index (χ4n) is 2.91. The Bertz CT molecular complexity index is 353. The van der Waals surface area contributed by atoms with E-state index in [1.807, 2.05) is 0 Å². The number of rotatable bonds is 6. The summed E-state index contributed by atoms with van der Waals surface area (Å²) in [5, 5.41) is 0. The van der Waals surface area contributed by atoms with Crippen molar-refractivity contribution in [2.75, 3.05) is 31.1 Å². The monoisotopic (exact) mass is 290 g/mol. The van der Waals surface area contributed by atoms with Gasteiger partial charge in [-0.3, -0.25) is 4.90 Å². The molecule has 4 nitrogen and oxygen atoms in total. The molecule has 1 aliphatic heterocycles. The predicted molar refractivity (Wildman–Crippen MR) is 80.9 cm³/mol. The molecule has 0 aliphatic carbocycles. The van der Waals surface area contributed by atoms with Gasteiger partial charge in [0, 0.05) is 25.2 Å². The highest BCUT2D eigenvalue weighted by Crippen LogP contribution is 2.30. The summed E-state index contributed by atoms with van der Waals surface area (Å²) in [4.78, 5) is 2.46. The molecule has 0 saturated carbocycles. The highest BCUT2D eigenvalue weighted by molar-refractivity contribution is 7.91. The smallest absolute Gasteiger partial charge is 0.150 e. The summed E-state index contributed by atoms with van der Waals surface area (Å²) in [6.45, 7) is 11.4. The Morgan fingerprint density at radius 3 is 1.79 bits per heavy atom. The van der Waals surface area contributed by atoms with Crippen LogP contribution >= 0.6 is 0 Å². The number of nitrogens with two attached hydrogens (primary N) is 1. The van der Waals surface area contributed by atoms with Crippen LogP contribution in [0.4, 0.5) is 0 Å². The molecule has 0 atom stereocenters. The van der Waals surface area contributed by atoms with Crippen molar-refractivity contribution in [1.82, 2.24) is 4.90 Å². The molecular formula is C14H30N2O2S. The molecule has 1 saturated heterocycles. The van der Waals surface area contributed by atoms with Crippen LogP contribution in [0.1, 0.15) is 40.5 Å². The normalized spacial score (nSPS) is 22.3. The molecular weight excluding hydrogens is 260 g/mol. The largest absolute Gasteiger partial charge is 0.329 e. The highest BCUT2D eigenvalue weighted by Gasteiger charge is 2.41. The molecule has 19 heavy (non-hydrogen) atoms. The first-order chi connectivity index (χ1) is 8.71. The summed E-state index contributed by atoms with van der Waals surface area (Å²) in [7, 11) is -2.84. The van der Waals surface area contributed by atoms with Crippen LogP contribution in [0.15, 0.2) is 0 Å². The van der Waals surface area contributed by atoms with E-state index >= 15 is 0 Å². The van der Waals surface area contributed by atoms with Crippen LogP contribution in [0.3, 0.4) is 0 Å². The third-order valence-electron chi connectivity index (χ3n) is 3.98. The van der Waals surface area contributed by atoms with Gasteiger partial charge in [-0.05, 0) is 24.7 Å². The summed E-state index contributed by atoms with van der Waals surface area (Å²) < 4.78 is 23.3. The molecule has 1 aliphatic rings. The average molecular weight is 290 g/mol. The van der Waals surface area contributed by atoms with Gasteiger partial charge in [-0.1, -0.05) is 27.7 Å². The maximum Gasteiger partial charge on any atom is 0.150 e. The van der Waals surface area contributed by atoms with E-state index in [-0.39, 0.29) is 17.0 Å². The maximum atomic E-state index is 11.7. The second kappa shape index (κ2) is 6.55. The number of sulfone groups is 1. The standard InChI is InChI=1S/C14H30N2O2S/c1-12(2)9-16(10-13(3)4)14(11-15)5-7-19(17,18)8-6-14/h12-13H,5-11,15H2,1-4H3. The molecule has 0 aromatic rings. The van der Waals surface area contributed by atoms with Crippen molar-refractivity contribution in [1.29, 1.82) is 0 Å². The van der Waals surface area contributed by atoms with Crippen LogP contribution in [-0.4, -0.2) is 50.0 Å². The minimum absolute atomic E-state index is 0.111. The molecule has 0 unspecified atom stereocenters. The van der Waals surface area contributed by atoms with Gasteiger partial charge in [0.2, 0.25) is 0 Å². The third-order valence-corrected chi connectivity index (χ3v) is 5.63. The Morgan fingerprint density at radius 1 is 1.05 bits per heavy atom. The second-order valence-electron chi connectivity index (χ2n) is 6.77. The minimum atomic E-state index is -2.84. The predicted octanol–water partition coefficient (Wildman–Crippen LogP) is 1.51. The van der Waals surface area contributed by atoms with Crippen molar-refractivity contribution in [2.45, 2.75) is 46.1 Å². The van der Waals surface area contributed by atoms with E-state index < -0.39 is 9.84 Å². The third kappa shape index (κ3) is 4.72. The molecule has 1 heterocycles. The number of hydrogen-bond acceptors (Lipinski definition) is 4. The Morgan fingerprint density at radius 2 is 1.47 bits per heavy atom. The van der Waals surface area contributed by atoms with Crippen LogP contribution < -0.4 is 5.73 Å². The number of hydrogen-bond donors (Lipinski definition) is 1. The Hall–Kier alpha value is -0.130. The zero-order valence-corrected chi connectivity index (χ0v) is 13.7. The van der Waals surface area contributed by atoms with Gasteiger partial charge in [0.25, 0.3) is 0 Å². The van der Waals surface area contributed by atoms with Crippen LogP contribution in [0, 0.1) is 11.8 Å². The molecule has 0 aromatic carbocycles. The summed E-state index contributed by atoms with van der Waals surface area (Å²) in [5.74, 6) is 1.72. The molecule has 5 heteroatoms. The lowest BCUT2D eigenvalue weighted by molar-refractivity contribution is 0.0588. The van der Waals surface area contributed by atoms with Gasteiger partial charge in [-0.25, -0.2) is 8.42 Å². The minimum Gasteiger partial charge on any atom is -0.329 e. The quantitative estimate of drug-likeness (QED) is 0.805. The molecule has 114 valence electrons. The van der Waals surface area contributed by atoms with E-state index in [9.17, 15) is 8.42 Å². The first kappa shape index (κ1) is 16.9. The summed E-state index contributed by atoms with van der Waals surface area (Å²) >= 11 is 0. The number of nitrogens with zero attached hydrogens (tertiary/aromatic N) is 1. The zero-order valence-electron chi connectivity index (χ0n) is 12.9. The zero-order chi connectivity index (χ0) is 14.7. The fourth-order valence-corrected chi connectivity index (χ4v) is 4.50. The van der Waals surface area contributed by atoms with Gasteiger partial charge < -0.3 is 5.73 Å². The Kier molecular flexibility index (Phi) is 5.83. The van der Waals surface area contributed by atoms with Crippen molar-refractivity contribution >= 4 is 9.84 Å². The molecule has 0 aromatic heterocycles. The van der Waals surface area contributed by atoms with E-state index in [1.54, 1.807) is 0 Å². The lowest BCUT2D eigenvalue weighted by Gasteiger charge is -2.47. The van der Waals surface area contributed by atoms with Gasteiger partial charge in [-0.2, -0.15) is 0 Å². The molecule has 0 amide bonds. The van der Waals surface area contributed by atoms with E-state index in [0.717, 1.165) is 13.1 Å². The molecule has 1 rings (SSSR count). The summed E-state index contributed by atoms with van der Waals surface area (Å²) in [6.07, 6.45) is 1.37. The van der Waals surface area contributed by atoms with Gasteiger partial charge in [-0.15, -0.1) is 0 Å². The molecule has 0 spiro atoms. The molecule has 1 fully saturated rings. The van der Waals surface area contributed by atoms with Gasteiger partial charge in [0.1, 0.15) is 9.84 Å². The summed E-state index contributed by atoms with van der Waals surface area (Å²) in [6, 6.07) is 0. The van der Waals surface area contributed by atoms with Crippen LogP contribution in [0.5, 0.6) is 0 Å². The first-order valence-electron chi connectivity index (χ1n) is 7.36. The highest BCUT2D eigenvalue weighted by atomic mass is 32.2. The van der Waals surface area contributed by atoms with E-state index in [4.69, 9.17) is 5.73 Å². The van der Waals surface area contributed by atoms with Crippen LogP contribution in [-0.2, 0) is 9.84 Å². The Labute approximate surface area is 118 Å². The van der Waals surface area contributed by atoms with Gasteiger partial charge in [0.05, 0.1) is 11.5 Å². The van der Waals surface area contributed by atoms with Crippen molar-refractivity contribution in [2.24, 2.45) is 17.6 Å². The van der Waals surface area contributed by atoms with Crippen molar-refractivity contribution < 1.29 is 8.42 Å². The Balaban J connectivity index is 2.88. The first-order valence-corrected chi connectivity index (χ1v) is 9.18. The van der Waals surface area contributed by atoms with E-state index in [1.165, 1.54) is 0 Å². The molecule has 2 N–H and O–H groups in total. The second-order valence-corrected chi connectivity index (χ2v) is 9.08. The fraction of sp³-hybridized carbons (Fsp3) is 1.00. The summed E-state index contributed by atoms with van der Waals surface area (Å²) in [5.41, 5.74) is 5.93. The lowest BCUT2D eigenvalue weighted by Crippen LogP contribution is -2.59. The molecule has 0 radical (unpaired) electrons. The topological polar surface area (TPSA) is 63.4 Å². The SMILES string of the molecule is CC(C)CN(CC(C)C)C1(CN)CCS(=O)(=O)CC1. The van der Waals surface area contributed by atoms with Crippen molar-refractivity contribution in [3.63, 3.8) is 0 Å². The molecule has 0 bridgehead atoms. The van der Waals surface area contributed by atoms with E-state index in [0.29, 0.717) is 31.2 Å². The van der Waals surface area contributed by atoms with Gasteiger partial charge in [0.15, 0.2) is 0 Å². The average Bonchev–Trinajstić information content (AvgIpc) is 2.28. The maximum absolute atomic E-state index is 11.7. The van der Waals surface area contributed by atoms with Crippen LogP contribution in [0.2, 0.25) is 0 Å². The van der Waals surface area contributed by atoms with Gasteiger partial charge >= 0.3 is 0 Å².